The Bertz CT molecular complexity index is 342. The first-order valence-electron chi connectivity index (χ1n) is 7.87. The topological polar surface area (TPSA) is 127 Å². The number of rotatable bonds is 13. The average molecular weight is 332 g/mol. The van der Waals surface area contributed by atoms with Crippen molar-refractivity contribution in [3.8, 4) is 0 Å². The van der Waals surface area contributed by atoms with Crippen molar-refractivity contribution >= 4 is 11.8 Å². The highest BCUT2D eigenvalue weighted by Crippen LogP contribution is 1.92. The van der Waals surface area contributed by atoms with E-state index in [-0.39, 0.29) is 24.4 Å². The van der Waals surface area contributed by atoms with E-state index in [1.807, 2.05) is 0 Å². The van der Waals surface area contributed by atoms with Crippen LogP contribution < -0.4 is 31.9 Å². The molecule has 0 heterocycles. The summed E-state index contributed by atoms with van der Waals surface area (Å²) in [5.74, 6) is -0.307. The Labute approximate surface area is 138 Å². The molecule has 2 amide bonds. The molecule has 0 aliphatic rings. The number of aliphatic hydroxyl groups excluding tert-OH is 1. The molecule has 0 aliphatic carbocycles. The second-order valence-corrected chi connectivity index (χ2v) is 5.28. The fourth-order valence-electron chi connectivity index (χ4n) is 2.05. The molecule has 9 heteroatoms. The number of aliphatic hydroxyl groups is 1. The fourth-order valence-corrected chi connectivity index (χ4v) is 2.05. The SMILES string of the molecule is CNCC(O)CNC(=O)[C@H](CCNC(=O)[C@H](CNC)NC)NC. The first kappa shape index (κ1) is 21.7. The third kappa shape index (κ3) is 9.47. The van der Waals surface area contributed by atoms with Crippen molar-refractivity contribution in [3.63, 3.8) is 0 Å². The molecular weight excluding hydrogens is 300 g/mol. The Morgan fingerprint density at radius 3 is 1.91 bits per heavy atom. The smallest absolute Gasteiger partial charge is 0.238 e. The number of hydrogen-bond donors (Lipinski definition) is 7. The second-order valence-electron chi connectivity index (χ2n) is 5.28. The summed E-state index contributed by atoms with van der Waals surface area (Å²) in [6.07, 6.45) is -0.161. The van der Waals surface area contributed by atoms with Gasteiger partial charge in [-0.3, -0.25) is 9.59 Å². The highest BCUT2D eigenvalue weighted by Gasteiger charge is 2.19. The highest BCUT2D eigenvalue weighted by atomic mass is 16.3. The molecule has 1 unspecified atom stereocenters. The lowest BCUT2D eigenvalue weighted by atomic mass is 10.1. The number of carbonyl (C=O) groups excluding carboxylic acids is 2. The van der Waals surface area contributed by atoms with Gasteiger partial charge in [0.2, 0.25) is 11.8 Å². The Balaban J connectivity index is 4.13. The van der Waals surface area contributed by atoms with E-state index in [0.717, 1.165) is 0 Å². The Kier molecular flexibility index (Phi) is 12.5. The summed E-state index contributed by atoms with van der Waals surface area (Å²) in [5, 5.41) is 26.7. The molecule has 0 aromatic rings. The Morgan fingerprint density at radius 1 is 0.826 bits per heavy atom. The number of carbonyl (C=O) groups is 2. The molecule has 9 nitrogen and oxygen atoms in total. The lowest BCUT2D eigenvalue weighted by molar-refractivity contribution is -0.125. The Morgan fingerprint density at radius 2 is 1.39 bits per heavy atom. The second kappa shape index (κ2) is 13.2. The molecule has 0 aromatic heterocycles. The first-order chi connectivity index (χ1) is 11.0. The Hall–Kier alpha value is -1.26. The molecule has 0 rings (SSSR count). The molecule has 0 bridgehead atoms. The summed E-state index contributed by atoms with van der Waals surface area (Å²) in [6, 6.07) is -0.729. The van der Waals surface area contributed by atoms with Gasteiger partial charge < -0.3 is 37.0 Å². The van der Waals surface area contributed by atoms with E-state index in [1.54, 1.807) is 28.2 Å². The van der Waals surface area contributed by atoms with Crippen molar-refractivity contribution in [3.05, 3.63) is 0 Å². The van der Waals surface area contributed by atoms with Crippen molar-refractivity contribution in [2.75, 3.05) is 54.4 Å². The summed E-state index contributed by atoms with van der Waals surface area (Å²) >= 11 is 0. The van der Waals surface area contributed by atoms with Gasteiger partial charge in [-0.2, -0.15) is 0 Å². The van der Waals surface area contributed by atoms with Crippen LogP contribution in [0.25, 0.3) is 0 Å². The largest absolute Gasteiger partial charge is 0.390 e. The maximum absolute atomic E-state index is 12.0. The molecule has 0 saturated carbocycles. The van der Waals surface area contributed by atoms with Crippen LogP contribution in [-0.2, 0) is 9.59 Å². The minimum Gasteiger partial charge on any atom is -0.390 e. The van der Waals surface area contributed by atoms with Gasteiger partial charge in [-0.15, -0.1) is 0 Å². The van der Waals surface area contributed by atoms with E-state index in [9.17, 15) is 14.7 Å². The van der Waals surface area contributed by atoms with Crippen LogP contribution in [0.1, 0.15) is 6.42 Å². The standard InChI is InChI=1S/C14H32N6O3/c1-15-7-10(21)8-20-13(22)11(17-3)5-6-19-14(23)12(18-4)9-16-2/h10-12,15-18,21H,5-9H2,1-4H3,(H,19,23)(H,20,22)/t10?,11-,12-/m0/s1. The fraction of sp³-hybridized carbons (Fsp3) is 0.857. The highest BCUT2D eigenvalue weighted by molar-refractivity contribution is 5.83. The van der Waals surface area contributed by atoms with Crippen molar-refractivity contribution in [2.24, 2.45) is 0 Å². The lowest BCUT2D eigenvalue weighted by Crippen LogP contribution is -2.50. The van der Waals surface area contributed by atoms with E-state index < -0.39 is 12.1 Å². The lowest BCUT2D eigenvalue weighted by Gasteiger charge is -2.19. The zero-order valence-electron chi connectivity index (χ0n) is 14.5. The normalized spacial score (nSPS) is 14.8. The molecule has 0 aliphatic heterocycles. The van der Waals surface area contributed by atoms with Gasteiger partial charge in [0.15, 0.2) is 0 Å². The molecule has 0 fully saturated rings. The average Bonchev–Trinajstić information content (AvgIpc) is 2.54. The van der Waals surface area contributed by atoms with Gasteiger partial charge in [0.05, 0.1) is 18.2 Å². The number of likely N-dealkylation sites (N-methyl/N-ethyl adjacent to an activating group) is 4. The minimum absolute atomic E-state index is 0.110. The van der Waals surface area contributed by atoms with Gasteiger partial charge in [0, 0.05) is 26.2 Å². The van der Waals surface area contributed by atoms with Crippen LogP contribution in [0.2, 0.25) is 0 Å². The third-order valence-electron chi connectivity index (χ3n) is 3.42. The summed E-state index contributed by atoms with van der Waals surface area (Å²) in [5.41, 5.74) is 0. The zero-order chi connectivity index (χ0) is 17.7. The van der Waals surface area contributed by atoms with Crippen molar-refractivity contribution in [1.29, 1.82) is 0 Å². The zero-order valence-corrected chi connectivity index (χ0v) is 14.5. The van der Waals surface area contributed by atoms with Gasteiger partial charge >= 0.3 is 0 Å². The van der Waals surface area contributed by atoms with Gasteiger partial charge in [0.25, 0.3) is 0 Å². The number of hydrogen-bond acceptors (Lipinski definition) is 7. The van der Waals surface area contributed by atoms with Gasteiger partial charge in [-0.1, -0.05) is 0 Å². The first-order valence-corrected chi connectivity index (χ1v) is 7.87. The summed E-state index contributed by atoms with van der Waals surface area (Å²) in [4.78, 5) is 23.9. The minimum atomic E-state index is -0.626. The van der Waals surface area contributed by atoms with Crippen LogP contribution in [0.3, 0.4) is 0 Å². The van der Waals surface area contributed by atoms with Crippen LogP contribution >= 0.6 is 0 Å². The van der Waals surface area contributed by atoms with Gasteiger partial charge in [-0.05, 0) is 34.6 Å². The van der Waals surface area contributed by atoms with E-state index >= 15 is 0 Å². The monoisotopic (exact) mass is 332 g/mol. The van der Waals surface area contributed by atoms with E-state index in [0.29, 0.717) is 26.1 Å². The van der Waals surface area contributed by atoms with Gasteiger partial charge in [0.1, 0.15) is 0 Å². The van der Waals surface area contributed by atoms with Crippen molar-refractivity contribution in [1.82, 2.24) is 31.9 Å². The summed E-state index contributed by atoms with van der Waals surface area (Å²) in [7, 11) is 6.92. The quantitative estimate of drug-likeness (QED) is 0.187. The predicted octanol–water partition coefficient (Wildman–Crippen LogP) is -3.42. The van der Waals surface area contributed by atoms with Crippen LogP contribution in [0.5, 0.6) is 0 Å². The molecule has 0 radical (unpaired) electrons. The van der Waals surface area contributed by atoms with Crippen molar-refractivity contribution < 1.29 is 14.7 Å². The molecule has 23 heavy (non-hydrogen) atoms. The van der Waals surface area contributed by atoms with E-state index in [2.05, 4.69) is 31.9 Å². The van der Waals surface area contributed by atoms with Crippen LogP contribution in [0.15, 0.2) is 0 Å². The molecule has 0 aromatic carbocycles. The molecule has 3 atom stereocenters. The molecule has 0 saturated heterocycles. The molecule has 7 N–H and O–H groups in total. The van der Waals surface area contributed by atoms with Gasteiger partial charge in [-0.25, -0.2) is 0 Å². The van der Waals surface area contributed by atoms with Crippen molar-refractivity contribution in [2.45, 2.75) is 24.6 Å². The van der Waals surface area contributed by atoms with Crippen LogP contribution in [-0.4, -0.2) is 89.5 Å². The third-order valence-corrected chi connectivity index (χ3v) is 3.42. The predicted molar refractivity (Wildman–Crippen MR) is 90.2 cm³/mol. The number of nitrogens with one attached hydrogen (secondary N) is 6. The maximum Gasteiger partial charge on any atom is 0.238 e. The number of amides is 2. The molecular formula is C14H32N6O3. The molecule has 136 valence electrons. The maximum atomic E-state index is 12.0. The van der Waals surface area contributed by atoms with E-state index in [4.69, 9.17) is 0 Å². The molecule has 0 spiro atoms. The van der Waals surface area contributed by atoms with Crippen LogP contribution in [0.4, 0.5) is 0 Å². The summed E-state index contributed by atoms with van der Waals surface area (Å²) in [6.45, 7) is 1.52. The van der Waals surface area contributed by atoms with E-state index in [1.165, 1.54) is 0 Å². The summed E-state index contributed by atoms with van der Waals surface area (Å²) < 4.78 is 0. The van der Waals surface area contributed by atoms with Crippen LogP contribution in [0, 0.1) is 0 Å².